The summed E-state index contributed by atoms with van der Waals surface area (Å²) < 4.78 is 20.8. The molecule has 144 valence electrons. The van der Waals surface area contributed by atoms with Crippen LogP contribution in [0.15, 0.2) is 29.5 Å². The Labute approximate surface area is 166 Å². The molecule has 0 spiro atoms. The molecule has 7 nitrogen and oxygen atoms in total. The lowest BCUT2D eigenvalue weighted by Crippen LogP contribution is -2.36. The van der Waals surface area contributed by atoms with Crippen LogP contribution < -0.4 is 4.74 Å². The highest BCUT2D eigenvalue weighted by molar-refractivity contribution is 6.36. The smallest absolute Gasteiger partial charge is 0.341 e. The van der Waals surface area contributed by atoms with Crippen molar-refractivity contribution in [2.24, 2.45) is 0 Å². The number of esters is 2. The molecule has 0 bridgehead atoms. The second-order valence-corrected chi connectivity index (χ2v) is 6.56. The average Bonchev–Trinajstić information content (AvgIpc) is 2.84. The normalized spacial score (nSPS) is 16.7. The van der Waals surface area contributed by atoms with Crippen molar-refractivity contribution >= 4 is 40.8 Å². The highest BCUT2D eigenvalue weighted by atomic mass is 35.5. The van der Waals surface area contributed by atoms with E-state index in [0.29, 0.717) is 42.6 Å². The topological polar surface area (TPSA) is 74.3 Å². The molecule has 9 heteroatoms. The fourth-order valence-electron chi connectivity index (χ4n) is 2.98. The molecule has 27 heavy (non-hydrogen) atoms. The molecule has 0 unspecified atom stereocenters. The van der Waals surface area contributed by atoms with Gasteiger partial charge in [0.05, 0.1) is 38.2 Å². The lowest BCUT2D eigenvalue weighted by atomic mass is 9.98. The van der Waals surface area contributed by atoms with Gasteiger partial charge in [0.1, 0.15) is 17.4 Å². The second kappa shape index (κ2) is 8.21. The Morgan fingerprint density at radius 2 is 1.74 bits per heavy atom. The van der Waals surface area contributed by atoms with E-state index in [9.17, 15) is 9.59 Å². The van der Waals surface area contributed by atoms with Gasteiger partial charge < -0.3 is 23.8 Å². The van der Waals surface area contributed by atoms with Crippen LogP contribution in [0.2, 0.25) is 10.0 Å². The van der Waals surface area contributed by atoms with Crippen molar-refractivity contribution in [1.29, 1.82) is 0 Å². The number of benzene rings is 1. The number of hydrogen-bond acceptors (Lipinski definition) is 7. The Hall–Kier alpha value is -2.22. The summed E-state index contributed by atoms with van der Waals surface area (Å²) in [6, 6.07) is 3.15. The van der Waals surface area contributed by atoms with Crippen molar-refractivity contribution in [3.05, 3.63) is 45.1 Å². The zero-order chi connectivity index (χ0) is 19.6. The van der Waals surface area contributed by atoms with Crippen LogP contribution in [0.5, 0.6) is 5.75 Å². The summed E-state index contributed by atoms with van der Waals surface area (Å²) in [7, 11) is 2.45. The molecule has 0 aromatic heterocycles. The van der Waals surface area contributed by atoms with E-state index in [2.05, 4.69) is 0 Å². The molecular formula is C18H17Cl2NO6. The van der Waals surface area contributed by atoms with Gasteiger partial charge in [-0.2, -0.15) is 0 Å². The van der Waals surface area contributed by atoms with Gasteiger partial charge in [-0.3, -0.25) is 0 Å². The molecule has 0 aliphatic carbocycles. The first kappa shape index (κ1) is 19.5. The highest BCUT2D eigenvalue weighted by Crippen LogP contribution is 2.42. The van der Waals surface area contributed by atoms with Gasteiger partial charge >= 0.3 is 11.9 Å². The number of carbonyl (C=O) groups excluding carboxylic acids is 2. The van der Waals surface area contributed by atoms with E-state index in [1.165, 1.54) is 20.3 Å². The zero-order valence-corrected chi connectivity index (χ0v) is 16.2. The van der Waals surface area contributed by atoms with Gasteiger partial charge in [0.15, 0.2) is 5.75 Å². The van der Waals surface area contributed by atoms with Gasteiger partial charge in [-0.15, -0.1) is 0 Å². The number of nitrogens with zero attached hydrogens (tertiary/aromatic N) is 1. The number of fused-ring (bicyclic) bond motifs is 1. The quantitative estimate of drug-likeness (QED) is 0.704. The predicted octanol–water partition coefficient (Wildman–Crippen LogP) is 2.66. The largest absolute Gasteiger partial charge is 0.465 e. The molecule has 2 aliphatic heterocycles. The van der Waals surface area contributed by atoms with Gasteiger partial charge in [0.25, 0.3) is 0 Å². The maximum absolute atomic E-state index is 12.7. The summed E-state index contributed by atoms with van der Waals surface area (Å²) in [4.78, 5) is 27.0. The van der Waals surface area contributed by atoms with Crippen molar-refractivity contribution in [1.82, 2.24) is 4.90 Å². The molecular weight excluding hydrogens is 397 g/mol. The van der Waals surface area contributed by atoms with Crippen molar-refractivity contribution in [3.8, 4) is 5.75 Å². The number of methoxy groups -OCH3 is 2. The minimum Gasteiger partial charge on any atom is -0.465 e. The standard InChI is InChI=1S/C18H17Cl2NO6/c1-24-17(22)12-9-27-16-11(7-10(19)8-13(16)20)15(14(12)18(23)25-2)21-3-5-26-6-4-21/h7-9H,3-6H2,1-2H3. The Morgan fingerprint density at radius 3 is 2.37 bits per heavy atom. The lowest BCUT2D eigenvalue weighted by molar-refractivity contribution is -0.139. The first-order chi connectivity index (χ1) is 13.0. The first-order valence-corrected chi connectivity index (χ1v) is 8.83. The Balaban J connectivity index is 2.34. The molecule has 3 rings (SSSR count). The molecule has 1 aromatic carbocycles. The molecule has 1 aromatic rings. The monoisotopic (exact) mass is 413 g/mol. The number of halogens is 2. The highest BCUT2D eigenvalue weighted by Gasteiger charge is 2.35. The van der Waals surface area contributed by atoms with Crippen molar-refractivity contribution < 1.29 is 28.5 Å². The van der Waals surface area contributed by atoms with Gasteiger partial charge in [-0.05, 0) is 12.1 Å². The van der Waals surface area contributed by atoms with E-state index < -0.39 is 11.9 Å². The van der Waals surface area contributed by atoms with Crippen LogP contribution in [-0.4, -0.2) is 57.4 Å². The Morgan fingerprint density at radius 1 is 1.07 bits per heavy atom. The third-order valence-corrected chi connectivity index (χ3v) is 4.69. The number of morpholine rings is 1. The minimum atomic E-state index is -0.740. The van der Waals surface area contributed by atoms with Crippen molar-refractivity contribution in [2.45, 2.75) is 0 Å². The summed E-state index contributed by atoms with van der Waals surface area (Å²) in [5.74, 6) is -1.17. The third kappa shape index (κ3) is 3.76. The van der Waals surface area contributed by atoms with E-state index in [0.717, 1.165) is 6.26 Å². The van der Waals surface area contributed by atoms with Crippen molar-refractivity contribution in [3.63, 3.8) is 0 Å². The SMILES string of the molecule is COC(=O)C1=COc2c(Cl)cc(Cl)cc2C(N2CCOCC2)=C1C(=O)OC. The van der Waals surface area contributed by atoms with E-state index in [-0.39, 0.29) is 21.9 Å². The third-order valence-electron chi connectivity index (χ3n) is 4.19. The summed E-state index contributed by atoms with van der Waals surface area (Å²) in [5, 5.41) is 0.605. The summed E-state index contributed by atoms with van der Waals surface area (Å²) in [5.41, 5.74) is 0.848. The molecule has 1 fully saturated rings. The molecule has 0 radical (unpaired) electrons. The van der Waals surface area contributed by atoms with E-state index in [1.54, 1.807) is 6.07 Å². The molecule has 2 aliphatic rings. The van der Waals surface area contributed by atoms with Gasteiger partial charge in [0, 0.05) is 23.7 Å². The fraction of sp³-hybridized carbons (Fsp3) is 0.333. The minimum absolute atomic E-state index is 0.0170. The lowest BCUT2D eigenvalue weighted by Gasteiger charge is -2.32. The van der Waals surface area contributed by atoms with Gasteiger partial charge in [-0.1, -0.05) is 23.2 Å². The summed E-state index contributed by atoms with van der Waals surface area (Å²) >= 11 is 12.5. The average molecular weight is 414 g/mol. The van der Waals surface area contributed by atoms with Gasteiger partial charge in [0.2, 0.25) is 0 Å². The van der Waals surface area contributed by atoms with E-state index in [1.807, 2.05) is 4.90 Å². The summed E-state index contributed by atoms with van der Waals surface area (Å²) in [6.07, 6.45) is 1.14. The van der Waals surface area contributed by atoms with Crippen LogP contribution in [0.1, 0.15) is 5.56 Å². The molecule has 0 amide bonds. The number of carbonyl (C=O) groups is 2. The Kier molecular flexibility index (Phi) is 5.94. The molecule has 0 N–H and O–H groups in total. The fourth-order valence-corrected chi connectivity index (χ4v) is 3.52. The second-order valence-electron chi connectivity index (χ2n) is 5.72. The molecule has 0 atom stereocenters. The van der Waals surface area contributed by atoms with Crippen LogP contribution in [-0.2, 0) is 23.8 Å². The maximum Gasteiger partial charge on any atom is 0.341 e. The van der Waals surface area contributed by atoms with E-state index in [4.69, 9.17) is 42.1 Å². The van der Waals surface area contributed by atoms with E-state index >= 15 is 0 Å². The first-order valence-electron chi connectivity index (χ1n) is 8.08. The number of rotatable bonds is 3. The van der Waals surface area contributed by atoms with Crippen LogP contribution in [0, 0.1) is 0 Å². The molecule has 1 saturated heterocycles. The van der Waals surface area contributed by atoms with Crippen molar-refractivity contribution in [2.75, 3.05) is 40.5 Å². The molecule has 0 saturated carbocycles. The Bertz CT molecular complexity index is 842. The van der Waals surface area contributed by atoms with Crippen LogP contribution >= 0.6 is 23.2 Å². The number of hydrogen-bond donors (Lipinski definition) is 0. The molecule has 2 heterocycles. The zero-order valence-electron chi connectivity index (χ0n) is 14.7. The maximum atomic E-state index is 12.7. The number of ether oxygens (including phenoxy) is 4. The van der Waals surface area contributed by atoms with Crippen LogP contribution in [0.25, 0.3) is 5.70 Å². The van der Waals surface area contributed by atoms with Gasteiger partial charge in [-0.25, -0.2) is 9.59 Å². The van der Waals surface area contributed by atoms with Crippen LogP contribution in [0.4, 0.5) is 0 Å². The predicted molar refractivity (Wildman–Crippen MR) is 98.5 cm³/mol. The van der Waals surface area contributed by atoms with Crippen LogP contribution in [0.3, 0.4) is 0 Å². The summed E-state index contributed by atoms with van der Waals surface area (Å²) in [6.45, 7) is 1.90.